The van der Waals surface area contributed by atoms with E-state index in [1.807, 2.05) is 0 Å². The first kappa shape index (κ1) is 35.8. The molecule has 1 heterocycles. The molecule has 0 saturated heterocycles. The van der Waals surface area contributed by atoms with E-state index in [1.54, 1.807) is 0 Å². The number of fused-ring (bicyclic) bond motifs is 8. The molecule has 10 aromatic rings. The maximum absolute atomic E-state index is 6.79. The standard InChI is InChI=1S/C59H45NO/c1-4-16-40(17-5-1)41-30-35-46(36-31-41)60(47-37-32-43(33-38-47)49-25-14-26-50-51-39-34-42-18-10-11-23-48(42)58(51)61-57(49)50)55-29-15-28-54-56(55)52-24-12-13-27-53(52)59(54,44-19-6-2-7-20-44)45-21-8-3-9-22-45/h2-3,6-15,18-40H,1,4-5,16-17H2. The van der Waals surface area contributed by atoms with Crippen molar-refractivity contribution in [1.82, 2.24) is 0 Å². The smallest absolute Gasteiger partial charge is 0.143 e. The molecule has 0 bridgehead atoms. The predicted octanol–water partition coefficient (Wildman–Crippen LogP) is 16.3. The van der Waals surface area contributed by atoms with E-state index in [2.05, 4.69) is 211 Å². The summed E-state index contributed by atoms with van der Waals surface area (Å²) in [5.74, 6) is 0.639. The second-order valence-corrected chi connectivity index (χ2v) is 17.0. The van der Waals surface area contributed by atoms with Crippen LogP contribution >= 0.6 is 0 Å². The molecule has 0 aliphatic heterocycles. The highest BCUT2D eigenvalue weighted by molar-refractivity contribution is 6.17. The van der Waals surface area contributed by atoms with E-state index in [-0.39, 0.29) is 0 Å². The molecular formula is C59H45NO. The number of rotatable bonds is 7. The van der Waals surface area contributed by atoms with E-state index in [9.17, 15) is 0 Å². The summed E-state index contributed by atoms with van der Waals surface area (Å²) < 4.78 is 6.79. The predicted molar refractivity (Wildman–Crippen MR) is 254 cm³/mol. The van der Waals surface area contributed by atoms with Crippen LogP contribution in [-0.4, -0.2) is 0 Å². The van der Waals surface area contributed by atoms with Crippen LogP contribution in [0.2, 0.25) is 0 Å². The van der Waals surface area contributed by atoms with Crippen LogP contribution in [0.1, 0.15) is 65.8 Å². The first-order valence-electron chi connectivity index (χ1n) is 22.0. The Labute approximate surface area is 357 Å². The fourth-order valence-corrected chi connectivity index (χ4v) is 11.0. The van der Waals surface area contributed by atoms with E-state index in [1.165, 1.54) is 82.1 Å². The maximum atomic E-state index is 6.79. The fraction of sp³-hybridized carbons (Fsp3) is 0.119. The molecule has 1 fully saturated rings. The Morgan fingerprint density at radius 1 is 0.426 bits per heavy atom. The van der Waals surface area contributed by atoms with Crippen molar-refractivity contribution in [2.45, 2.75) is 43.4 Å². The molecule has 2 aliphatic carbocycles. The van der Waals surface area contributed by atoms with Crippen molar-refractivity contribution in [2.24, 2.45) is 0 Å². The highest BCUT2D eigenvalue weighted by Gasteiger charge is 2.47. The zero-order valence-corrected chi connectivity index (χ0v) is 34.1. The van der Waals surface area contributed by atoms with Gasteiger partial charge in [-0.2, -0.15) is 0 Å². The van der Waals surface area contributed by atoms with Crippen molar-refractivity contribution in [3.05, 3.63) is 234 Å². The number of benzene rings is 9. The number of furan rings is 1. The lowest BCUT2D eigenvalue weighted by molar-refractivity contribution is 0.443. The number of hydrogen-bond donors (Lipinski definition) is 0. The normalized spacial score (nSPS) is 14.6. The molecule has 12 rings (SSSR count). The van der Waals surface area contributed by atoms with Gasteiger partial charge in [0.15, 0.2) is 0 Å². The number of para-hydroxylation sites is 1. The van der Waals surface area contributed by atoms with E-state index in [4.69, 9.17) is 4.42 Å². The van der Waals surface area contributed by atoms with Crippen molar-refractivity contribution in [2.75, 3.05) is 4.90 Å². The highest BCUT2D eigenvalue weighted by atomic mass is 16.3. The Bertz CT molecular complexity index is 3170. The molecule has 0 amide bonds. The summed E-state index contributed by atoms with van der Waals surface area (Å²) in [5, 5.41) is 4.62. The molecule has 0 N–H and O–H groups in total. The summed E-state index contributed by atoms with van der Waals surface area (Å²) in [6, 6.07) is 76.3. The van der Waals surface area contributed by atoms with Gasteiger partial charge in [0.25, 0.3) is 0 Å². The van der Waals surface area contributed by atoms with Crippen LogP contribution in [0.25, 0.3) is 55.0 Å². The van der Waals surface area contributed by atoms with Gasteiger partial charge in [0.2, 0.25) is 0 Å². The van der Waals surface area contributed by atoms with Crippen LogP contribution in [0.5, 0.6) is 0 Å². The van der Waals surface area contributed by atoms with E-state index in [0.29, 0.717) is 5.92 Å². The lowest BCUT2D eigenvalue weighted by Crippen LogP contribution is -2.28. The van der Waals surface area contributed by atoms with E-state index < -0.39 is 5.41 Å². The van der Waals surface area contributed by atoms with Gasteiger partial charge in [0.1, 0.15) is 11.2 Å². The zero-order chi connectivity index (χ0) is 40.3. The quantitative estimate of drug-likeness (QED) is 0.160. The van der Waals surface area contributed by atoms with Crippen LogP contribution in [0.3, 0.4) is 0 Å². The Balaban J connectivity index is 1.05. The SMILES string of the molecule is c1ccc(C2(c3ccccc3)c3ccccc3-c3c(N(c4ccc(-c5cccc6c5oc5c7ccccc7ccc65)cc4)c4ccc(C5CCCCC5)cc4)cccc32)cc1. The topological polar surface area (TPSA) is 16.4 Å². The Hall–Kier alpha value is -7.16. The maximum Gasteiger partial charge on any atom is 0.143 e. The monoisotopic (exact) mass is 783 g/mol. The van der Waals surface area contributed by atoms with E-state index >= 15 is 0 Å². The zero-order valence-electron chi connectivity index (χ0n) is 34.1. The van der Waals surface area contributed by atoms with Gasteiger partial charge in [-0.15, -0.1) is 0 Å². The lowest BCUT2D eigenvalue weighted by atomic mass is 9.68. The second kappa shape index (κ2) is 14.5. The van der Waals surface area contributed by atoms with Crippen molar-refractivity contribution >= 4 is 49.8 Å². The summed E-state index contributed by atoms with van der Waals surface area (Å²) in [7, 11) is 0. The van der Waals surface area contributed by atoms with Crippen molar-refractivity contribution in [3.63, 3.8) is 0 Å². The van der Waals surface area contributed by atoms with Crippen LogP contribution in [0, 0.1) is 0 Å². The van der Waals surface area contributed by atoms with Crippen LogP contribution in [0.4, 0.5) is 17.1 Å². The Morgan fingerprint density at radius 2 is 1.02 bits per heavy atom. The van der Waals surface area contributed by atoms with Gasteiger partial charge >= 0.3 is 0 Å². The molecule has 1 saturated carbocycles. The molecule has 0 spiro atoms. The van der Waals surface area contributed by atoms with Crippen LogP contribution in [0.15, 0.2) is 211 Å². The number of anilines is 3. The first-order chi connectivity index (χ1) is 30.3. The summed E-state index contributed by atoms with van der Waals surface area (Å²) in [6.45, 7) is 0. The largest absolute Gasteiger partial charge is 0.455 e. The van der Waals surface area contributed by atoms with Crippen molar-refractivity contribution in [3.8, 4) is 22.3 Å². The minimum absolute atomic E-state index is 0.485. The molecular weight excluding hydrogens is 739 g/mol. The van der Waals surface area contributed by atoms with Gasteiger partial charge in [-0.05, 0) is 99.5 Å². The minimum atomic E-state index is -0.485. The third-order valence-electron chi connectivity index (χ3n) is 13.8. The average molecular weight is 784 g/mol. The molecule has 0 atom stereocenters. The molecule has 2 nitrogen and oxygen atoms in total. The van der Waals surface area contributed by atoms with Gasteiger partial charge < -0.3 is 9.32 Å². The van der Waals surface area contributed by atoms with Gasteiger partial charge in [0, 0.05) is 38.7 Å². The molecule has 1 aromatic heterocycles. The number of hydrogen-bond acceptors (Lipinski definition) is 2. The molecule has 0 radical (unpaired) electrons. The molecule has 61 heavy (non-hydrogen) atoms. The highest BCUT2D eigenvalue weighted by Crippen LogP contribution is 2.59. The molecule has 9 aromatic carbocycles. The minimum Gasteiger partial charge on any atom is -0.455 e. The fourth-order valence-electron chi connectivity index (χ4n) is 11.0. The summed E-state index contributed by atoms with van der Waals surface area (Å²) in [6.07, 6.45) is 6.56. The Kier molecular flexibility index (Phi) is 8.52. The molecule has 2 aliphatic rings. The van der Waals surface area contributed by atoms with Crippen molar-refractivity contribution in [1.29, 1.82) is 0 Å². The summed E-state index contributed by atoms with van der Waals surface area (Å²) in [5.41, 5.74) is 16.2. The summed E-state index contributed by atoms with van der Waals surface area (Å²) in [4.78, 5) is 2.49. The van der Waals surface area contributed by atoms with Crippen LogP contribution < -0.4 is 4.90 Å². The molecule has 2 heteroatoms. The van der Waals surface area contributed by atoms with Crippen LogP contribution in [-0.2, 0) is 5.41 Å². The van der Waals surface area contributed by atoms with Crippen molar-refractivity contribution < 1.29 is 4.42 Å². The third-order valence-corrected chi connectivity index (χ3v) is 13.8. The summed E-state index contributed by atoms with van der Waals surface area (Å²) >= 11 is 0. The molecule has 292 valence electrons. The van der Waals surface area contributed by atoms with E-state index in [0.717, 1.165) is 49.8 Å². The third kappa shape index (κ3) is 5.62. The first-order valence-corrected chi connectivity index (χ1v) is 22.0. The number of nitrogens with zero attached hydrogens (tertiary/aromatic N) is 1. The van der Waals surface area contributed by atoms with Gasteiger partial charge in [-0.25, -0.2) is 0 Å². The van der Waals surface area contributed by atoms with Gasteiger partial charge in [-0.1, -0.05) is 189 Å². The lowest BCUT2D eigenvalue weighted by Gasteiger charge is -2.34. The van der Waals surface area contributed by atoms with Gasteiger partial charge in [-0.3, -0.25) is 0 Å². The van der Waals surface area contributed by atoms with Gasteiger partial charge in [0.05, 0.1) is 11.1 Å². The average Bonchev–Trinajstić information content (AvgIpc) is 3.88. The Morgan fingerprint density at radius 3 is 1.77 bits per heavy atom. The second-order valence-electron chi connectivity index (χ2n) is 17.0. The molecule has 0 unspecified atom stereocenters.